The van der Waals surface area contributed by atoms with Gasteiger partial charge in [-0.3, -0.25) is 4.79 Å². The van der Waals surface area contributed by atoms with Crippen LogP contribution in [0.1, 0.15) is 5.56 Å². The van der Waals surface area contributed by atoms with E-state index in [-0.39, 0.29) is 5.91 Å². The van der Waals surface area contributed by atoms with Crippen LogP contribution in [0.5, 0.6) is 11.5 Å². The minimum absolute atomic E-state index is 0.156. The van der Waals surface area contributed by atoms with Crippen LogP contribution in [0.2, 0.25) is 0 Å². The summed E-state index contributed by atoms with van der Waals surface area (Å²) in [6.07, 6.45) is 1.86. The number of rotatable bonds is 5. The SMILES string of the molecule is COc1ccc(Sc2ccccc2C=C2SC(=S)NC2=O)c(OC)c1. The molecular weight excluding hydrogens is 374 g/mol. The lowest BCUT2D eigenvalue weighted by Crippen LogP contribution is -2.17. The molecule has 1 aliphatic heterocycles. The molecule has 2 aromatic rings. The van der Waals surface area contributed by atoms with Crippen molar-refractivity contribution in [3.8, 4) is 11.5 Å². The Kier molecular flexibility index (Phi) is 5.67. The quantitative estimate of drug-likeness (QED) is 0.606. The minimum atomic E-state index is -0.156. The molecule has 4 nitrogen and oxygen atoms in total. The number of methoxy groups -OCH3 is 2. The molecule has 1 aliphatic rings. The summed E-state index contributed by atoms with van der Waals surface area (Å²) >= 11 is 7.89. The maximum absolute atomic E-state index is 11.9. The predicted octanol–water partition coefficient (Wildman–Crippen LogP) is 4.34. The van der Waals surface area contributed by atoms with Gasteiger partial charge < -0.3 is 14.8 Å². The number of hydrogen-bond donors (Lipinski definition) is 1. The Morgan fingerprint density at radius 1 is 1.12 bits per heavy atom. The largest absolute Gasteiger partial charge is 0.497 e. The van der Waals surface area contributed by atoms with E-state index in [4.69, 9.17) is 21.7 Å². The fraction of sp³-hybridized carbons (Fsp3) is 0.111. The van der Waals surface area contributed by atoms with Crippen molar-refractivity contribution >= 4 is 52.0 Å². The molecule has 2 aromatic carbocycles. The fourth-order valence-electron chi connectivity index (χ4n) is 2.23. The highest BCUT2D eigenvalue weighted by Crippen LogP contribution is 2.39. The van der Waals surface area contributed by atoms with E-state index in [1.165, 1.54) is 11.8 Å². The number of amides is 1. The third-order valence-corrected chi connectivity index (χ3v) is 5.75. The van der Waals surface area contributed by atoms with Gasteiger partial charge in [0.2, 0.25) is 0 Å². The van der Waals surface area contributed by atoms with Crippen LogP contribution < -0.4 is 14.8 Å². The van der Waals surface area contributed by atoms with Crippen LogP contribution in [0.4, 0.5) is 0 Å². The second-order valence-electron chi connectivity index (χ2n) is 5.01. The summed E-state index contributed by atoms with van der Waals surface area (Å²) in [7, 11) is 3.25. The summed E-state index contributed by atoms with van der Waals surface area (Å²) in [5.74, 6) is 1.32. The molecule has 0 unspecified atom stereocenters. The van der Waals surface area contributed by atoms with Crippen molar-refractivity contribution in [2.45, 2.75) is 9.79 Å². The van der Waals surface area contributed by atoms with E-state index >= 15 is 0 Å². The van der Waals surface area contributed by atoms with Crippen molar-refractivity contribution < 1.29 is 14.3 Å². The minimum Gasteiger partial charge on any atom is -0.497 e. The molecule has 0 saturated carbocycles. The van der Waals surface area contributed by atoms with Gasteiger partial charge in [0.25, 0.3) is 5.91 Å². The van der Waals surface area contributed by atoms with E-state index in [0.717, 1.165) is 26.9 Å². The van der Waals surface area contributed by atoms with Gasteiger partial charge in [0.05, 0.1) is 24.0 Å². The Morgan fingerprint density at radius 2 is 1.92 bits per heavy atom. The number of carbonyl (C=O) groups excluding carboxylic acids is 1. The second-order valence-corrected chi connectivity index (χ2v) is 7.81. The average molecular weight is 390 g/mol. The maximum Gasteiger partial charge on any atom is 0.263 e. The number of thioether (sulfide) groups is 1. The maximum atomic E-state index is 11.9. The lowest BCUT2D eigenvalue weighted by molar-refractivity contribution is -0.115. The molecule has 1 heterocycles. The van der Waals surface area contributed by atoms with Gasteiger partial charge in [0.1, 0.15) is 15.8 Å². The van der Waals surface area contributed by atoms with Crippen LogP contribution in [0.25, 0.3) is 6.08 Å². The van der Waals surface area contributed by atoms with E-state index < -0.39 is 0 Å². The van der Waals surface area contributed by atoms with Gasteiger partial charge in [-0.15, -0.1) is 0 Å². The molecule has 7 heteroatoms. The second kappa shape index (κ2) is 7.95. The molecule has 0 spiro atoms. The smallest absolute Gasteiger partial charge is 0.263 e. The van der Waals surface area contributed by atoms with Crippen molar-refractivity contribution in [3.63, 3.8) is 0 Å². The van der Waals surface area contributed by atoms with Crippen LogP contribution in [0.15, 0.2) is 57.2 Å². The van der Waals surface area contributed by atoms with Gasteiger partial charge in [-0.1, -0.05) is 53.9 Å². The van der Waals surface area contributed by atoms with E-state index in [0.29, 0.717) is 9.23 Å². The number of ether oxygens (including phenoxy) is 2. The molecule has 25 heavy (non-hydrogen) atoms. The predicted molar refractivity (Wildman–Crippen MR) is 106 cm³/mol. The van der Waals surface area contributed by atoms with E-state index in [1.807, 2.05) is 48.5 Å². The molecule has 0 radical (unpaired) electrons. The van der Waals surface area contributed by atoms with Crippen LogP contribution >= 0.6 is 35.7 Å². The fourth-order valence-corrected chi connectivity index (χ4v) is 4.28. The molecule has 1 amide bonds. The zero-order valence-electron chi connectivity index (χ0n) is 13.6. The first-order chi connectivity index (χ1) is 12.1. The Morgan fingerprint density at radius 3 is 2.60 bits per heavy atom. The molecule has 1 saturated heterocycles. The van der Waals surface area contributed by atoms with Gasteiger partial charge in [-0.05, 0) is 29.8 Å². The molecule has 128 valence electrons. The molecule has 0 aromatic heterocycles. The zero-order chi connectivity index (χ0) is 17.8. The highest BCUT2D eigenvalue weighted by molar-refractivity contribution is 8.26. The highest BCUT2D eigenvalue weighted by atomic mass is 32.2. The Labute approximate surface area is 160 Å². The van der Waals surface area contributed by atoms with Gasteiger partial charge in [-0.2, -0.15) is 0 Å². The molecule has 0 aliphatic carbocycles. The number of nitrogens with one attached hydrogen (secondary N) is 1. The van der Waals surface area contributed by atoms with Crippen molar-refractivity contribution in [1.29, 1.82) is 0 Å². The standard InChI is InChI=1S/C18H15NO3S3/c1-21-12-7-8-15(13(10-12)22-2)24-14-6-4-3-5-11(14)9-16-17(20)19-18(23)25-16/h3-10H,1-2H3,(H,19,20,23). The highest BCUT2D eigenvalue weighted by Gasteiger charge is 2.22. The van der Waals surface area contributed by atoms with Crippen LogP contribution in [-0.2, 0) is 4.79 Å². The Balaban J connectivity index is 1.93. The van der Waals surface area contributed by atoms with Crippen molar-refractivity contribution in [1.82, 2.24) is 5.32 Å². The van der Waals surface area contributed by atoms with Crippen LogP contribution in [0.3, 0.4) is 0 Å². The van der Waals surface area contributed by atoms with Gasteiger partial charge >= 0.3 is 0 Å². The number of thiocarbonyl (C=S) groups is 1. The third kappa shape index (κ3) is 4.18. The molecule has 1 fully saturated rings. The lowest BCUT2D eigenvalue weighted by Gasteiger charge is -2.11. The van der Waals surface area contributed by atoms with E-state index in [2.05, 4.69) is 5.32 Å². The zero-order valence-corrected chi connectivity index (χ0v) is 16.0. The molecule has 0 atom stereocenters. The monoisotopic (exact) mass is 389 g/mol. The summed E-state index contributed by atoms with van der Waals surface area (Å²) in [5.41, 5.74) is 0.952. The average Bonchev–Trinajstić information content (AvgIpc) is 2.94. The van der Waals surface area contributed by atoms with Crippen molar-refractivity contribution in [3.05, 3.63) is 52.9 Å². The first-order valence-electron chi connectivity index (χ1n) is 7.34. The van der Waals surface area contributed by atoms with E-state index in [1.54, 1.807) is 26.0 Å². The summed E-state index contributed by atoms with van der Waals surface area (Å²) in [5, 5.41) is 2.63. The summed E-state index contributed by atoms with van der Waals surface area (Å²) in [6.45, 7) is 0. The Hall–Kier alpha value is -1.96. The van der Waals surface area contributed by atoms with Gasteiger partial charge in [0.15, 0.2) is 0 Å². The van der Waals surface area contributed by atoms with Crippen molar-refractivity contribution in [2.24, 2.45) is 0 Å². The summed E-state index contributed by atoms with van der Waals surface area (Å²) < 4.78 is 11.2. The summed E-state index contributed by atoms with van der Waals surface area (Å²) in [4.78, 5) is 14.5. The summed E-state index contributed by atoms with van der Waals surface area (Å²) in [6, 6.07) is 13.6. The molecular formula is C18H15NO3S3. The topological polar surface area (TPSA) is 47.6 Å². The molecule has 1 N–H and O–H groups in total. The third-order valence-electron chi connectivity index (χ3n) is 3.44. The Bertz CT molecular complexity index is 864. The first kappa shape index (κ1) is 17.8. The van der Waals surface area contributed by atoms with Gasteiger partial charge in [-0.25, -0.2) is 0 Å². The molecule has 0 bridgehead atoms. The van der Waals surface area contributed by atoms with Crippen LogP contribution in [0, 0.1) is 0 Å². The number of carbonyl (C=O) groups is 1. The molecule has 3 rings (SSSR count). The normalized spacial score (nSPS) is 15.4. The van der Waals surface area contributed by atoms with Gasteiger partial charge in [0, 0.05) is 11.0 Å². The van der Waals surface area contributed by atoms with Crippen molar-refractivity contribution in [2.75, 3.05) is 14.2 Å². The van der Waals surface area contributed by atoms with Crippen LogP contribution in [-0.4, -0.2) is 24.4 Å². The number of benzene rings is 2. The lowest BCUT2D eigenvalue weighted by atomic mass is 10.2. The van der Waals surface area contributed by atoms with E-state index in [9.17, 15) is 4.79 Å². The first-order valence-corrected chi connectivity index (χ1v) is 9.38. The number of hydrogen-bond acceptors (Lipinski definition) is 6.